The molecular formula is C21H18ClFN6O7. The summed E-state index contributed by atoms with van der Waals surface area (Å²) in [5.41, 5.74) is 3.40. The summed E-state index contributed by atoms with van der Waals surface area (Å²) in [7, 11) is 0. The predicted octanol–water partition coefficient (Wildman–Crippen LogP) is 0.483. The number of benzene rings is 1. The Morgan fingerprint density at radius 2 is 2.00 bits per heavy atom. The normalized spacial score (nSPS) is 21.9. The number of hydrogen-bond acceptors (Lipinski definition) is 10. The molecular weight excluding hydrogens is 503 g/mol. The molecule has 4 rings (SSSR count). The van der Waals surface area contributed by atoms with Gasteiger partial charge < -0.3 is 30.5 Å². The van der Waals surface area contributed by atoms with Crippen molar-refractivity contribution in [3.63, 3.8) is 0 Å². The number of halogens is 2. The van der Waals surface area contributed by atoms with Crippen LogP contribution in [0.3, 0.4) is 0 Å². The second-order valence-electron chi connectivity index (χ2n) is 8.01. The summed E-state index contributed by atoms with van der Waals surface area (Å²) in [5, 5.41) is 38.8. The van der Waals surface area contributed by atoms with Gasteiger partial charge in [0.15, 0.2) is 11.5 Å². The van der Waals surface area contributed by atoms with E-state index in [1.54, 1.807) is 0 Å². The van der Waals surface area contributed by atoms with Crippen molar-refractivity contribution < 1.29 is 38.8 Å². The van der Waals surface area contributed by atoms with E-state index in [4.69, 9.17) is 32.1 Å². The lowest BCUT2D eigenvalue weighted by atomic mass is 9.93. The molecule has 3 heterocycles. The van der Waals surface area contributed by atoms with Crippen LogP contribution in [-0.4, -0.2) is 77.8 Å². The molecule has 0 spiro atoms. The number of carbonyl (C=O) groups is 2. The number of nitrogen functional groups attached to an aromatic ring is 1. The number of nitriles is 1. The maximum Gasteiger partial charge on any atom is 0.348 e. The third kappa shape index (κ3) is 4.18. The van der Waals surface area contributed by atoms with Crippen LogP contribution in [0.15, 0.2) is 30.6 Å². The highest BCUT2D eigenvalue weighted by Crippen LogP contribution is 2.37. The van der Waals surface area contributed by atoms with Crippen molar-refractivity contribution in [2.75, 3.05) is 18.9 Å². The fourth-order valence-electron chi connectivity index (χ4n) is 3.83. The lowest BCUT2D eigenvalue weighted by Gasteiger charge is -2.29. The van der Waals surface area contributed by atoms with E-state index in [9.17, 15) is 24.9 Å². The summed E-state index contributed by atoms with van der Waals surface area (Å²) in [6.45, 7) is -1.51. The lowest BCUT2D eigenvalue weighted by molar-refractivity contribution is -0.188. The van der Waals surface area contributed by atoms with Gasteiger partial charge in [0.2, 0.25) is 11.1 Å². The molecule has 1 aromatic carbocycles. The first-order chi connectivity index (χ1) is 17.0. The zero-order valence-electron chi connectivity index (χ0n) is 18.2. The molecule has 0 amide bonds. The molecule has 0 bridgehead atoms. The molecule has 1 aliphatic heterocycles. The Balaban J connectivity index is 1.57. The van der Waals surface area contributed by atoms with Gasteiger partial charge in [-0.1, -0.05) is 12.1 Å². The van der Waals surface area contributed by atoms with Crippen LogP contribution in [0.25, 0.3) is 11.2 Å². The van der Waals surface area contributed by atoms with Crippen LogP contribution >= 0.6 is 11.6 Å². The van der Waals surface area contributed by atoms with Crippen molar-refractivity contribution in [2.24, 2.45) is 0 Å². The first kappa shape index (κ1) is 25.2. The first-order valence-corrected chi connectivity index (χ1v) is 10.6. The Labute approximate surface area is 206 Å². The fraction of sp³-hybridized carbons (Fsp3) is 0.333. The monoisotopic (exact) mass is 520 g/mol. The molecule has 0 saturated carbocycles. The smallest absolute Gasteiger partial charge is 0.348 e. The van der Waals surface area contributed by atoms with Crippen molar-refractivity contribution in [1.29, 1.82) is 5.26 Å². The van der Waals surface area contributed by atoms with Gasteiger partial charge in [-0.15, -0.1) is 0 Å². The Bertz CT molecular complexity index is 1360. The zero-order chi connectivity index (χ0) is 26.3. The molecule has 0 aliphatic carbocycles. The van der Waals surface area contributed by atoms with Gasteiger partial charge in [-0.2, -0.15) is 15.2 Å². The number of carboxylic acids is 2. The summed E-state index contributed by atoms with van der Waals surface area (Å²) in [6.07, 6.45) is -3.00. The van der Waals surface area contributed by atoms with Crippen LogP contribution in [0.1, 0.15) is 11.1 Å². The van der Waals surface area contributed by atoms with Crippen molar-refractivity contribution >= 4 is 40.5 Å². The molecule has 0 unspecified atom stereocenters. The Kier molecular flexibility index (Phi) is 6.50. The van der Waals surface area contributed by atoms with Crippen LogP contribution in [0.5, 0.6) is 0 Å². The molecule has 2 aromatic heterocycles. The highest BCUT2D eigenvalue weighted by atomic mass is 35.5. The molecule has 1 saturated heterocycles. The molecule has 1 aliphatic rings. The van der Waals surface area contributed by atoms with Gasteiger partial charge >= 0.3 is 11.9 Å². The molecule has 5 N–H and O–H groups in total. The number of alkyl halides is 1. The average molecular weight is 521 g/mol. The van der Waals surface area contributed by atoms with Gasteiger partial charge in [0, 0.05) is 6.42 Å². The molecule has 15 heteroatoms. The van der Waals surface area contributed by atoms with Gasteiger partial charge in [-0.25, -0.2) is 19.0 Å². The number of aliphatic carboxylic acids is 2. The number of aromatic nitrogens is 4. The summed E-state index contributed by atoms with van der Waals surface area (Å²) < 4.78 is 27.4. The Hall–Kier alpha value is -3.90. The van der Waals surface area contributed by atoms with Crippen LogP contribution in [0, 0.1) is 11.3 Å². The number of hydrogen-bond donors (Lipinski definition) is 4. The maximum absolute atomic E-state index is 16.0. The van der Waals surface area contributed by atoms with E-state index in [-0.39, 0.29) is 33.4 Å². The second-order valence-corrected chi connectivity index (χ2v) is 8.35. The number of nitrogens with zero attached hydrogens (tertiary/aromatic N) is 5. The fourth-order valence-corrected chi connectivity index (χ4v) is 4.00. The number of nitrogens with two attached hydrogens (primary N) is 1. The van der Waals surface area contributed by atoms with Gasteiger partial charge in [0.25, 0.3) is 5.60 Å². The van der Waals surface area contributed by atoms with E-state index in [0.717, 1.165) is 10.9 Å². The quantitative estimate of drug-likeness (QED) is 0.236. The second kappa shape index (κ2) is 9.28. The number of fused-ring (bicyclic) bond motifs is 1. The van der Waals surface area contributed by atoms with E-state index in [1.807, 2.05) is 6.07 Å². The van der Waals surface area contributed by atoms with E-state index in [1.165, 1.54) is 24.3 Å². The van der Waals surface area contributed by atoms with E-state index >= 15 is 4.39 Å². The molecule has 188 valence electrons. The summed E-state index contributed by atoms with van der Waals surface area (Å²) in [4.78, 5) is 35.6. The van der Waals surface area contributed by atoms with E-state index in [2.05, 4.69) is 15.0 Å². The van der Waals surface area contributed by atoms with Gasteiger partial charge in [0.05, 0.1) is 24.6 Å². The highest BCUT2D eigenvalue weighted by Gasteiger charge is 2.55. The first-order valence-electron chi connectivity index (χ1n) is 10.3. The van der Waals surface area contributed by atoms with E-state index < -0.39 is 55.2 Å². The van der Waals surface area contributed by atoms with Gasteiger partial charge in [0.1, 0.15) is 24.3 Å². The van der Waals surface area contributed by atoms with Gasteiger partial charge in [-0.3, -0.25) is 4.57 Å². The molecule has 3 aromatic rings. The van der Waals surface area contributed by atoms with E-state index in [0.29, 0.717) is 0 Å². The summed E-state index contributed by atoms with van der Waals surface area (Å²) in [5.74, 6) is -6.40. The maximum atomic E-state index is 16.0. The lowest BCUT2D eigenvalue weighted by Crippen LogP contribution is -2.53. The Morgan fingerprint density at radius 1 is 1.33 bits per heavy atom. The van der Waals surface area contributed by atoms with Crippen LogP contribution in [0.2, 0.25) is 5.28 Å². The Morgan fingerprint density at radius 3 is 2.61 bits per heavy atom. The van der Waals surface area contributed by atoms with Gasteiger partial charge in [-0.05, 0) is 29.3 Å². The number of ether oxygens (including phenoxy) is 2. The van der Waals surface area contributed by atoms with Crippen LogP contribution in [0.4, 0.5) is 10.2 Å². The number of rotatable bonds is 8. The molecule has 36 heavy (non-hydrogen) atoms. The van der Waals surface area contributed by atoms with Crippen molar-refractivity contribution in [1.82, 2.24) is 19.5 Å². The topological polar surface area (TPSA) is 207 Å². The number of aliphatic hydroxyl groups is 1. The van der Waals surface area contributed by atoms with Crippen molar-refractivity contribution in [3.05, 3.63) is 47.0 Å². The third-order valence-corrected chi connectivity index (χ3v) is 5.99. The number of carboxylic acid groups (broad SMARTS) is 2. The highest BCUT2D eigenvalue weighted by molar-refractivity contribution is 6.28. The molecule has 1 fully saturated rings. The minimum absolute atomic E-state index is 0.0292. The molecule has 3 atom stereocenters. The molecule has 13 nitrogen and oxygen atoms in total. The van der Waals surface area contributed by atoms with Crippen LogP contribution in [-0.2, 0) is 31.3 Å². The molecule has 0 radical (unpaired) electrons. The minimum atomic E-state index is -2.78. The number of anilines is 1. The minimum Gasteiger partial charge on any atom is -0.479 e. The summed E-state index contributed by atoms with van der Waals surface area (Å²) in [6, 6.07) is 7.45. The average Bonchev–Trinajstić information content (AvgIpc) is 3.39. The van der Waals surface area contributed by atoms with Crippen molar-refractivity contribution in [2.45, 2.75) is 30.0 Å². The zero-order valence-corrected chi connectivity index (χ0v) is 19.0. The third-order valence-electron chi connectivity index (χ3n) is 5.82. The summed E-state index contributed by atoms with van der Waals surface area (Å²) >= 11 is 5.81. The largest absolute Gasteiger partial charge is 0.479 e. The van der Waals surface area contributed by atoms with Crippen LogP contribution < -0.4 is 5.73 Å². The van der Waals surface area contributed by atoms with Crippen molar-refractivity contribution in [3.8, 4) is 6.07 Å². The number of aliphatic hydroxyl groups excluding tert-OH is 1. The number of imidazole rings is 1. The predicted molar refractivity (Wildman–Crippen MR) is 118 cm³/mol. The standard InChI is InChI=1S/C21H18ClFN6O7/c22-19-27-15(25)13-16(28-19)29(9-26-13)21(23)8-35-12(14(21)30)7-36-20(17(31)32,18(33)34)5-10-1-3-11(6-24)4-2-10/h1-4,9,12,14,30H,5,7-8H2,(H,31,32)(H,33,34)(H2,25,27,28)/t12-,14-,21-/m1/s1. The SMILES string of the molecule is N#Cc1ccc(CC(OC[C@H]2OC[C@@](F)(n3cnc4c(N)nc(Cl)nc43)[C@@H]2O)(C(=O)O)C(=O)O)cc1.